The summed E-state index contributed by atoms with van der Waals surface area (Å²) in [7, 11) is 0. The average molecular weight is 310 g/mol. The monoisotopic (exact) mass is 309 g/mol. The van der Waals surface area contributed by atoms with Crippen molar-refractivity contribution in [3.63, 3.8) is 0 Å². The Hall–Kier alpha value is -1.45. The fourth-order valence-electron chi connectivity index (χ4n) is 1.95. The Morgan fingerprint density at radius 3 is 2.40 bits per heavy atom. The van der Waals surface area contributed by atoms with Crippen LogP contribution in [0, 0.1) is 0 Å². The van der Waals surface area contributed by atoms with Crippen LogP contribution in [0.3, 0.4) is 0 Å². The second kappa shape index (κ2) is 6.33. The minimum atomic E-state index is 0.237. The fraction of sp³-hybridized carbons (Fsp3) is 0.267. The molecule has 2 rings (SSSR count). The van der Waals surface area contributed by atoms with Gasteiger partial charge in [0.1, 0.15) is 11.6 Å². The Morgan fingerprint density at radius 2 is 1.80 bits per heavy atom. The zero-order chi connectivity index (χ0) is 14.7. The van der Waals surface area contributed by atoms with Crippen molar-refractivity contribution in [3.05, 3.63) is 52.0 Å². The van der Waals surface area contributed by atoms with Gasteiger partial charge in [-0.2, -0.15) is 0 Å². The molecule has 0 bridgehead atoms. The Balaban J connectivity index is 2.37. The van der Waals surface area contributed by atoms with Gasteiger partial charge in [-0.25, -0.2) is 4.98 Å². The van der Waals surface area contributed by atoms with E-state index in [4.69, 9.17) is 28.9 Å². The van der Waals surface area contributed by atoms with Gasteiger partial charge in [0.15, 0.2) is 0 Å². The number of nitrogens with two attached hydrogens (primary N) is 1. The first kappa shape index (κ1) is 14.9. The molecule has 0 saturated heterocycles. The summed E-state index contributed by atoms with van der Waals surface area (Å²) < 4.78 is 0. The second-order valence-corrected chi connectivity index (χ2v) is 5.68. The third kappa shape index (κ3) is 3.35. The lowest BCUT2D eigenvalue weighted by atomic mass is 10.2. The van der Waals surface area contributed by atoms with Crippen LogP contribution in [-0.4, -0.2) is 11.0 Å². The van der Waals surface area contributed by atoms with E-state index in [9.17, 15) is 0 Å². The van der Waals surface area contributed by atoms with Crippen LogP contribution >= 0.6 is 23.2 Å². The maximum absolute atomic E-state index is 6.26. The van der Waals surface area contributed by atoms with Crippen LogP contribution in [0.1, 0.15) is 19.4 Å². The van der Waals surface area contributed by atoms with Crippen molar-refractivity contribution in [3.8, 4) is 0 Å². The Morgan fingerprint density at radius 1 is 1.15 bits per heavy atom. The van der Waals surface area contributed by atoms with Crippen molar-refractivity contribution in [2.24, 2.45) is 0 Å². The Kier molecular flexibility index (Phi) is 4.73. The number of hydrogen-bond acceptors (Lipinski definition) is 3. The van der Waals surface area contributed by atoms with Gasteiger partial charge in [0.25, 0.3) is 0 Å². The molecular weight excluding hydrogens is 293 g/mol. The zero-order valence-electron chi connectivity index (χ0n) is 11.5. The second-order valence-electron chi connectivity index (χ2n) is 4.87. The molecule has 3 nitrogen and oxygen atoms in total. The van der Waals surface area contributed by atoms with E-state index in [1.807, 2.05) is 18.2 Å². The summed E-state index contributed by atoms with van der Waals surface area (Å²) in [6.07, 6.45) is 0. The van der Waals surface area contributed by atoms with Gasteiger partial charge in [-0.15, -0.1) is 0 Å². The van der Waals surface area contributed by atoms with Crippen LogP contribution in [0.2, 0.25) is 10.0 Å². The predicted molar refractivity (Wildman–Crippen MR) is 86.4 cm³/mol. The van der Waals surface area contributed by atoms with E-state index < -0.39 is 0 Å². The highest BCUT2D eigenvalue weighted by molar-refractivity contribution is 6.37. The summed E-state index contributed by atoms with van der Waals surface area (Å²) in [6, 6.07) is 12.0. The average Bonchev–Trinajstić information content (AvgIpc) is 2.41. The molecule has 0 aliphatic carbocycles. The van der Waals surface area contributed by atoms with Gasteiger partial charge < -0.3 is 10.6 Å². The highest BCUT2D eigenvalue weighted by atomic mass is 35.5. The van der Waals surface area contributed by atoms with Gasteiger partial charge in [0.05, 0.1) is 10.0 Å². The highest BCUT2D eigenvalue weighted by Gasteiger charge is 2.17. The van der Waals surface area contributed by atoms with Crippen molar-refractivity contribution in [1.29, 1.82) is 0 Å². The molecule has 0 fully saturated rings. The summed E-state index contributed by atoms with van der Waals surface area (Å²) in [5.74, 6) is 0.956. The number of aromatic nitrogens is 1. The molecule has 1 aromatic heterocycles. The lowest BCUT2D eigenvalue weighted by molar-refractivity contribution is 0.673. The Labute approximate surface area is 129 Å². The molecule has 20 heavy (non-hydrogen) atoms. The molecule has 1 aromatic carbocycles. The number of halogens is 2. The molecule has 2 aromatic rings. The van der Waals surface area contributed by atoms with Crippen LogP contribution in [0.25, 0.3) is 0 Å². The molecule has 106 valence electrons. The third-order valence-corrected chi connectivity index (χ3v) is 3.61. The lowest BCUT2D eigenvalue weighted by Gasteiger charge is -2.29. The van der Waals surface area contributed by atoms with Crippen LogP contribution in [0.15, 0.2) is 36.4 Å². The van der Waals surface area contributed by atoms with Crippen molar-refractivity contribution < 1.29 is 0 Å². The van der Waals surface area contributed by atoms with E-state index in [1.54, 1.807) is 6.07 Å². The SMILES string of the molecule is CC(C)N(Cc1ccccc1)c1nc(N)c(Cl)cc1Cl. The van der Waals surface area contributed by atoms with Crippen LogP contribution < -0.4 is 10.6 Å². The van der Waals surface area contributed by atoms with Crippen LogP contribution in [0.5, 0.6) is 0 Å². The molecule has 0 spiro atoms. The van der Waals surface area contributed by atoms with Gasteiger partial charge >= 0.3 is 0 Å². The molecule has 0 aliphatic rings. The zero-order valence-corrected chi connectivity index (χ0v) is 13.0. The van der Waals surface area contributed by atoms with E-state index in [-0.39, 0.29) is 6.04 Å². The summed E-state index contributed by atoms with van der Waals surface area (Å²) in [5, 5.41) is 0.885. The molecule has 2 N–H and O–H groups in total. The lowest BCUT2D eigenvalue weighted by Crippen LogP contribution is -2.31. The molecular formula is C15H17Cl2N3. The molecule has 1 heterocycles. The highest BCUT2D eigenvalue weighted by Crippen LogP contribution is 2.31. The smallest absolute Gasteiger partial charge is 0.150 e. The minimum Gasteiger partial charge on any atom is -0.382 e. The summed E-state index contributed by atoms with van der Waals surface area (Å²) >= 11 is 12.2. The maximum atomic E-state index is 6.26. The molecule has 0 unspecified atom stereocenters. The van der Waals surface area contributed by atoms with Crippen molar-refractivity contribution >= 4 is 34.8 Å². The van der Waals surface area contributed by atoms with Gasteiger partial charge in [-0.1, -0.05) is 53.5 Å². The standard InChI is InChI=1S/C15H17Cl2N3/c1-10(2)20(9-11-6-4-3-5-7-11)15-13(17)8-12(16)14(18)19-15/h3-8,10H,9H2,1-2H3,(H2,18,19). The maximum Gasteiger partial charge on any atom is 0.150 e. The van der Waals surface area contributed by atoms with Gasteiger partial charge in [-0.3, -0.25) is 0 Å². The number of pyridine rings is 1. The number of nitrogens with zero attached hydrogens (tertiary/aromatic N) is 2. The molecule has 0 radical (unpaired) electrons. The van der Waals surface area contributed by atoms with Crippen molar-refractivity contribution in [2.75, 3.05) is 10.6 Å². The first-order valence-electron chi connectivity index (χ1n) is 6.41. The fourth-order valence-corrected chi connectivity index (χ4v) is 2.42. The normalized spacial score (nSPS) is 10.8. The van der Waals surface area contributed by atoms with E-state index in [0.717, 1.165) is 0 Å². The van der Waals surface area contributed by atoms with Gasteiger partial charge in [0, 0.05) is 12.6 Å². The van der Waals surface area contributed by atoms with Crippen LogP contribution in [0.4, 0.5) is 11.6 Å². The van der Waals surface area contributed by atoms with Gasteiger partial charge in [-0.05, 0) is 25.5 Å². The predicted octanol–water partition coefficient (Wildman–Crippen LogP) is 4.39. The van der Waals surface area contributed by atoms with E-state index in [1.165, 1.54) is 5.56 Å². The number of anilines is 2. The minimum absolute atomic E-state index is 0.237. The summed E-state index contributed by atoms with van der Waals surface area (Å²) in [6.45, 7) is 4.89. The number of nitrogen functional groups attached to an aromatic ring is 1. The molecule has 0 atom stereocenters. The third-order valence-electron chi connectivity index (χ3n) is 3.03. The van der Waals surface area contributed by atoms with Crippen LogP contribution in [-0.2, 0) is 6.54 Å². The van der Waals surface area contributed by atoms with Crippen molar-refractivity contribution in [2.45, 2.75) is 26.4 Å². The number of hydrogen-bond donors (Lipinski definition) is 1. The quantitative estimate of drug-likeness (QED) is 0.911. The topological polar surface area (TPSA) is 42.2 Å². The van der Waals surface area contributed by atoms with E-state index in [2.05, 4.69) is 35.9 Å². The Bertz CT molecular complexity index is 585. The van der Waals surface area contributed by atoms with Gasteiger partial charge in [0.2, 0.25) is 0 Å². The molecule has 0 saturated carbocycles. The van der Waals surface area contributed by atoms with E-state index >= 15 is 0 Å². The first-order chi connectivity index (χ1) is 9.49. The summed E-state index contributed by atoms with van der Waals surface area (Å²) in [5.41, 5.74) is 6.98. The number of rotatable bonds is 4. The van der Waals surface area contributed by atoms with E-state index in [0.29, 0.717) is 28.2 Å². The largest absolute Gasteiger partial charge is 0.382 e. The molecule has 0 aliphatic heterocycles. The summed E-state index contributed by atoms with van der Waals surface area (Å²) in [4.78, 5) is 6.43. The first-order valence-corrected chi connectivity index (χ1v) is 7.16. The number of benzene rings is 1. The molecule has 0 amide bonds. The van der Waals surface area contributed by atoms with Crippen molar-refractivity contribution in [1.82, 2.24) is 4.98 Å². The molecule has 5 heteroatoms.